The SMILES string of the molecule is Cc1cc(C)c(CNC(=O)C(c2ccc(F)cc2)N(C)C)cn1. The molecule has 0 aliphatic heterocycles. The molecule has 122 valence electrons. The molecule has 0 spiro atoms. The molecular weight excluding hydrogens is 293 g/mol. The third-order valence-corrected chi connectivity index (χ3v) is 3.76. The lowest BCUT2D eigenvalue weighted by Gasteiger charge is -2.24. The summed E-state index contributed by atoms with van der Waals surface area (Å²) in [5, 5.41) is 2.94. The number of benzene rings is 1. The van der Waals surface area contributed by atoms with E-state index in [4.69, 9.17) is 0 Å². The molecule has 1 atom stereocenters. The molecule has 23 heavy (non-hydrogen) atoms. The predicted octanol–water partition coefficient (Wildman–Crippen LogP) is 2.76. The molecule has 4 nitrogen and oxygen atoms in total. The molecule has 5 heteroatoms. The maximum absolute atomic E-state index is 13.1. The van der Waals surface area contributed by atoms with Gasteiger partial charge in [-0.25, -0.2) is 4.39 Å². The number of halogens is 1. The summed E-state index contributed by atoms with van der Waals surface area (Å²) in [7, 11) is 3.65. The van der Waals surface area contributed by atoms with Crippen LogP contribution < -0.4 is 5.32 Å². The highest BCUT2D eigenvalue weighted by Crippen LogP contribution is 2.19. The van der Waals surface area contributed by atoms with Gasteiger partial charge < -0.3 is 5.32 Å². The summed E-state index contributed by atoms with van der Waals surface area (Å²) in [6, 6.07) is 7.54. The zero-order valence-electron chi connectivity index (χ0n) is 13.9. The number of aromatic nitrogens is 1. The van der Waals surface area contributed by atoms with Gasteiger partial charge in [-0.2, -0.15) is 0 Å². The van der Waals surface area contributed by atoms with Gasteiger partial charge in [0.15, 0.2) is 0 Å². The summed E-state index contributed by atoms with van der Waals surface area (Å²) in [4.78, 5) is 18.6. The minimum atomic E-state index is -0.464. The Morgan fingerprint density at radius 1 is 1.26 bits per heavy atom. The minimum Gasteiger partial charge on any atom is -0.350 e. The quantitative estimate of drug-likeness (QED) is 0.923. The smallest absolute Gasteiger partial charge is 0.242 e. The van der Waals surface area contributed by atoms with Crippen LogP contribution in [0, 0.1) is 19.7 Å². The molecule has 1 N–H and O–H groups in total. The van der Waals surface area contributed by atoms with Gasteiger partial charge in [-0.05, 0) is 62.8 Å². The Labute approximate surface area is 136 Å². The number of hydrogen-bond acceptors (Lipinski definition) is 3. The monoisotopic (exact) mass is 315 g/mol. The zero-order chi connectivity index (χ0) is 17.0. The summed E-state index contributed by atoms with van der Waals surface area (Å²) >= 11 is 0. The Kier molecular flexibility index (Phi) is 5.45. The molecule has 0 aliphatic rings. The van der Waals surface area contributed by atoms with E-state index in [-0.39, 0.29) is 11.7 Å². The van der Waals surface area contributed by atoms with Gasteiger partial charge >= 0.3 is 0 Å². The number of carbonyl (C=O) groups is 1. The maximum atomic E-state index is 13.1. The third-order valence-electron chi connectivity index (χ3n) is 3.76. The van der Waals surface area contributed by atoms with Crippen molar-refractivity contribution in [1.82, 2.24) is 15.2 Å². The second kappa shape index (κ2) is 7.33. The van der Waals surface area contributed by atoms with E-state index in [1.807, 2.05) is 38.9 Å². The second-order valence-corrected chi connectivity index (χ2v) is 5.89. The first kappa shape index (κ1) is 17.1. The standard InChI is InChI=1S/C18H22FN3O/c1-12-9-13(2)20-10-15(12)11-21-18(23)17(22(3)4)14-5-7-16(19)8-6-14/h5-10,17H,11H2,1-4H3,(H,21,23). The summed E-state index contributed by atoms with van der Waals surface area (Å²) < 4.78 is 13.1. The highest BCUT2D eigenvalue weighted by atomic mass is 19.1. The number of likely N-dealkylation sites (N-methyl/N-ethyl adjacent to an activating group) is 1. The number of aryl methyl sites for hydroxylation is 2. The molecule has 1 unspecified atom stereocenters. The average molecular weight is 315 g/mol. The molecule has 0 bridgehead atoms. The summed E-state index contributed by atoms with van der Waals surface area (Å²) in [6.07, 6.45) is 1.79. The molecule has 0 fully saturated rings. The van der Waals surface area contributed by atoms with Crippen molar-refractivity contribution in [3.8, 4) is 0 Å². The Bertz CT molecular complexity index is 683. The van der Waals surface area contributed by atoms with Crippen molar-refractivity contribution in [2.75, 3.05) is 14.1 Å². The van der Waals surface area contributed by atoms with Crippen LogP contribution >= 0.6 is 0 Å². The molecule has 0 radical (unpaired) electrons. The Morgan fingerprint density at radius 3 is 2.48 bits per heavy atom. The highest BCUT2D eigenvalue weighted by molar-refractivity contribution is 5.83. The first-order chi connectivity index (χ1) is 10.9. The fourth-order valence-electron chi connectivity index (χ4n) is 2.52. The van der Waals surface area contributed by atoms with Crippen LogP contribution in [-0.2, 0) is 11.3 Å². The number of hydrogen-bond donors (Lipinski definition) is 1. The molecule has 1 heterocycles. The second-order valence-electron chi connectivity index (χ2n) is 5.89. The number of pyridine rings is 1. The van der Waals surface area contributed by atoms with Crippen LogP contribution in [0.25, 0.3) is 0 Å². The van der Waals surface area contributed by atoms with Crippen LogP contribution in [0.4, 0.5) is 4.39 Å². The average Bonchev–Trinajstić information content (AvgIpc) is 2.48. The third kappa shape index (κ3) is 4.36. The van der Waals surface area contributed by atoms with E-state index in [9.17, 15) is 9.18 Å². The van der Waals surface area contributed by atoms with Crippen LogP contribution in [0.5, 0.6) is 0 Å². The Hall–Kier alpha value is -2.27. The van der Waals surface area contributed by atoms with E-state index in [1.54, 1.807) is 18.3 Å². The van der Waals surface area contributed by atoms with Gasteiger partial charge in [0, 0.05) is 18.4 Å². The van der Waals surface area contributed by atoms with Crippen LogP contribution in [-0.4, -0.2) is 29.9 Å². The van der Waals surface area contributed by atoms with Gasteiger partial charge in [0.25, 0.3) is 0 Å². The van der Waals surface area contributed by atoms with E-state index < -0.39 is 6.04 Å². The van der Waals surface area contributed by atoms with Crippen molar-refractivity contribution < 1.29 is 9.18 Å². The first-order valence-corrected chi connectivity index (χ1v) is 7.50. The molecule has 1 amide bonds. The first-order valence-electron chi connectivity index (χ1n) is 7.50. The van der Waals surface area contributed by atoms with E-state index in [2.05, 4.69) is 10.3 Å². The zero-order valence-corrected chi connectivity index (χ0v) is 13.9. The molecule has 1 aromatic carbocycles. The van der Waals surface area contributed by atoms with Gasteiger partial charge in [-0.3, -0.25) is 14.7 Å². The highest BCUT2D eigenvalue weighted by Gasteiger charge is 2.22. The molecule has 0 aliphatic carbocycles. The number of carbonyl (C=O) groups excluding carboxylic acids is 1. The van der Waals surface area contributed by atoms with Gasteiger partial charge in [0.05, 0.1) is 0 Å². The van der Waals surface area contributed by atoms with E-state index in [0.29, 0.717) is 6.54 Å². The van der Waals surface area contributed by atoms with Crippen molar-refractivity contribution in [3.63, 3.8) is 0 Å². The molecule has 2 aromatic rings. The molecule has 0 saturated carbocycles. The van der Waals surface area contributed by atoms with E-state index in [0.717, 1.165) is 22.4 Å². The van der Waals surface area contributed by atoms with Crippen LogP contribution in [0.3, 0.4) is 0 Å². The van der Waals surface area contributed by atoms with Crippen molar-refractivity contribution in [1.29, 1.82) is 0 Å². The number of amides is 1. The van der Waals surface area contributed by atoms with Crippen LogP contribution in [0.15, 0.2) is 36.5 Å². The molecule has 2 rings (SSSR count). The van der Waals surface area contributed by atoms with Crippen molar-refractivity contribution >= 4 is 5.91 Å². The van der Waals surface area contributed by atoms with Gasteiger partial charge in [0.2, 0.25) is 5.91 Å². The van der Waals surface area contributed by atoms with E-state index in [1.165, 1.54) is 12.1 Å². The normalized spacial score (nSPS) is 12.3. The van der Waals surface area contributed by atoms with Gasteiger partial charge in [-0.1, -0.05) is 12.1 Å². The summed E-state index contributed by atoms with van der Waals surface area (Å²) in [5.74, 6) is -0.436. The number of nitrogens with one attached hydrogen (secondary N) is 1. The fraction of sp³-hybridized carbons (Fsp3) is 0.333. The number of rotatable bonds is 5. The molecule has 0 saturated heterocycles. The lowest BCUT2D eigenvalue weighted by molar-refractivity contribution is -0.125. The van der Waals surface area contributed by atoms with Crippen molar-refractivity contribution in [3.05, 3.63) is 64.7 Å². The Balaban J connectivity index is 2.11. The lowest BCUT2D eigenvalue weighted by Crippen LogP contribution is -2.36. The predicted molar refractivity (Wildman–Crippen MR) is 88.4 cm³/mol. The van der Waals surface area contributed by atoms with Gasteiger partial charge in [-0.15, -0.1) is 0 Å². The summed E-state index contributed by atoms with van der Waals surface area (Å²) in [6.45, 7) is 4.36. The number of nitrogens with zero attached hydrogens (tertiary/aromatic N) is 2. The Morgan fingerprint density at radius 2 is 1.91 bits per heavy atom. The van der Waals surface area contributed by atoms with E-state index >= 15 is 0 Å². The van der Waals surface area contributed by atoms with Gasteiger partial charge in [0.1, 0.15) is 11.9 Å². The van der Waals surface area contributed by atoms with Crippen LogP contribution in [0.2, 0.25) is 0 Å². The molecular formula is C18H22FN3O. The maximum Gasteiger partial charge on any atom is 0.242 e. The largest absolute Gasteiger partial charge is 0.350 e. The lowest BCUT2D eigenvalue weighted by atomic mass is 10.0. The minimum absolute atomic E-state index is 0.124. The van der Waals surface area contributed by atoms with Crippen LogP contribution in [0.1, 0.15) is 28.4 Å². The summed E-state index contributed by atoms with van der Waals surface area (Å²) in [5.41, 5.74) is 3.80. The van der Waals surface area contributed by atoms with Crippen molar-refractivity contribution in [2.45, 2.75) is 26.4 Å². The molecule has 1 aromatic heterocycles. The fourth-order valence-corrected chi connectivity index (χ4v) is 2.52. The van der Waals surface area contributed by atoms with Crippen molar-refractivity contribution in [2.24, 2.45) is 0 Å². The topological polar surface area (TPSA) is 45.2 Å².